The Kier molecular flexibility index (Phi) is 3.86. The Morgan fingerprint density at radius 3 is 2.76 bits per heavy atom. The molecule has 1 fully saturated rings. The third kappa shape index (κ3) is 2.76. The zero-order chi connectivity index (χ0) is 15.0. The lowest BCUT2D eigenvalue weighted by Gasteiger charge is -2.34. The third-order valence-electron chi connectivity index (χ3n) is 4.47. The van der Waals surface area contributed by atoms with Gasteiger partial charge in [0.25, 0.3) is 0 Å². The van der Waals surface area contributed by atoms with E-state index in [-0.39, 0.29) is 11.4 Å². The van der Waals surface area contributed by atoms with E-state index in [2.05, 4.69) is 41.2 Å². The lowest BCUT2D eigenvalue weighted by Crippen LogP contribution is -2.48. The molecular weight excluding hydrogens is 334 g/mol. The summed E-state index contributed by atoms with van der Waals surface area (Å²) in [5.74, 6) is 2.10. The van der Waals surface area contributed by atoms with Gasteiger partial charge in [-0.15, -0.1) is 0 Å². The second-order valence-corrected chi connectivity index (χ2v) is 6.99. The van der Waals surface area contributed by atoms with Gasteiger partial charge in [-0.3, -0.25) is 4.79 Å². The maximum atomic E-state index is 11.7. The van der Waals surface area contributed by atoms with Gasteiger partial charge in [-0.05, 0) is 52.4 Å². The van der Waals surface area contributed by atoms with Crippen LogP contribution < -0.4 is 14.8 Å². The molecule has 0 bridgehead atoms. The highest BCUT2D eigenvalue weighted by atomic mass is 79.9. The zero-order valence-electron chi connectivity index (χ0n) is 12.4. The predicted octanol–water partition coefficient (Wildman–Crippen LogP) is 3.07. The Morgan fingerprint density at radius 2 is 2.10 bits per heavy atom. The fourth-order valence-electron chi connectivity index (χ4n) is 3.14. The van der Waals surface area contributed by atoms with Crippen LogP contribution in [0.25, 0.3) is 0 Å². The van der Waals surface area contributed by atoms with Gasteiger partial charge < -0.3 is 14.8 Å². The molecule has 1 saturated heterocycles. The number of benzene rings is 1. The van der Waals surface area contributed by atoms with Gasteiger partial charge in [-0.25, -0.2) is 0 Å². The van der Waals surface area contributed by atoms with Gasteiger partial charge in [0.1, 0.15) is 13.2 Å². The maximum absolute atomic E-state index is 11.7. The molecule has 3 rings (SSSR count). The van der Waals surface area contributed by atoms with Crippen molar-refractivity contribution in [2.45, 2.75) is 38.6 Å². The van der Waals surface area contributed by atoms with E-state index in [9.17, 15) is 4.79 Å². The number of rotatable bonds is 3. The van der Waals surface area contributed by atoms with Crippen LogP contribution in [0.3, 0.4) is 0 Å². The Labute approximate surface area is 133 Å². The average Bonchev–Trinajstić information content (AvgIpc) is 2.81. The van der Waals surface area contributed by atoms with Crippen LogP contribution >= 0.6 is 15.9 Å². The summed E-state index contributed by atoms with van der Waals surface area (Å²) in [4.78, 5) is 11.7. The van der Waals surface area contributed by atoms with Gasteiger partial charge >= 0.3 is 0 Å². The van der Waals surface area contributed by atoms with Gasteiger partial charge in [0.2, 0.25) is 5.91 Å². The second-order valence-electron chi connectivity index (χ2n) is 6.14. The van der Waals surface area contributed by atoms with Crippen LogP contribution in [-0.2, 0) is 11.2 Å². The highest BCUT2D eigenvalue weighted by molar-refractivity contribution is 9.10. The number of ether oxygens (including phenoxy) is 2. The first-order valence-electron chi connectivity index (χ1n) is 7.39. The number of hydrogen-bond donors (Lipinski definition) is 1. The molecule has 21 heavy (non-hydrogen) atoms. The number of amides is 1. The SMILES string of the molecule is CC(C)C1(Cc2cc(Br)c3c(c2)OCCO3)CCC(=O)N1. The summed E-state index contributed by atoms with van der Waals surface area (Å²) in [6, 6.07) is 4.11. The van der Waals surface area contributed by atoms with Crippen LogP contribution in [0.5, 0.6) is 11.5 Å². The summed E-state index contributed by atoms with van der Waals surface area (Å²) in [6.07, 6.45) is 2.31. The standard InChI is InChI=1S/C16H20BrNO3/c1-10(2)16(4-3-14(19)18-16)9-11-7-12(17)15-13(8-11)20-5-6-21-15/h7-8,10H,3-6,9H2,1-2H3,(H,18,19). The number of carbonyl (C=O) groups excluding carboxylic acids is 1. The molecule has 2 aliphatic heterocycles. The van der Waals surface area contributed by atoms with E-state index in [0.717, 1.165) is 34.4 Å². The molecule has 1 aromatic rings. The van der Waals surface area contributed by atoms with Crippen molar-refractivity contribution in [3.8, 4) is 11.5 Å². The van der Waals surface area contributed by atoms with Crippen molar-refractivity contribution >= 4 is 21.8 Å². The normalized spacial score (nSPS) is 24.3. The van der Waals surface area contributed by atoms with E-state index in [1.165, 1.54) is 0 Å². The molecule has 1 N–H and O–H groups in total. The fourth-order valence-corrected chi connectivity index (χ4v) is 3.74. The number of fused-ring (bicyclic) bond motifs is 1. The molecular formula is C16H20BrNO3. The highest BCUT2D eigenvalue weighted by Crippen LogP contribution is 2.40. The number of halogens is 1. The quantitative estimate of drug-likeness (QED) is 0.908. The fraction of sp³-hybridized carbons (Fsp3) is 0.562. The van der Waals surface area contributed by atoms with Crippen LogP contribution in [0.15, 0.2) is 16.6 Å². The predicted molar refractivity (Wildman–Crippen MR) is 83.8 cm³/mol. The molecule has 0 spiro atoms. The molecule has 1 aromatic carbocycles. The Hall–Kier alpha value is -1.23. The van der Waals surface area contributed by atoms with Gasteiger partial charge in [-0.1, -0.05) is 13.8 Å². The van der Waals surface area contributed by atoms with Crippen molar-refractivity contribution in [1.82, 2.24) is 5.32 Å². The Balaban J connectivity index is 1.90. The van der Waals surface area contributed by atoms with Gasteiger partial charge in [0.05, 0.1) is 4.47 Å². The van der Waals surface area contributed by atoms with E-state index >= 15 is 0 Å². The molecule has 0 saturated carbocycles. The molecule has 0 radical (unpaired) electrons. The van der Waals surface area contributed by atoms with Crippen LogP contribution in [0.1, 0.15) is 32.3 Å². The van der Waals surface area contributed by atoms with Crippen LogP contribution in [0.4, 0.5) is 0 Å². The molecule has 0 aromatic heterocycles. The first kappa shape index (κ1) is 14.7. The van der Waals surface area contributed by atoms with Crippen molar-refractivity contribution in [2.75, 3.05) is 13.2 Å². The molecule has 2 aliphatic rings. The van der Waals surface area contributed by atoms with E-state index in [1.807, 2.05) is 6.07 Å². The monoisotopic (exact) mass is 353 g/mol. The molecule has 1 atom stereocenters. The van der Waals surface area contributed by atoms with Crippen molar-refractivity contribution in [3.05, 3.63) is 22.2 Å². The highest BCUT2D eigenvalue weighted by Gasteiger charge is 2.40. The van der Waals surface area contributed by atoms with E-state index in [0.29, 0.717) is 25.6 Å². The van der Waals surface area contributed by atoms with E-state index in [1.54, 1.807) is 0 Å². The Morgan fingerprint density at radius 1 is 1.33 bits per heavy atom. The van der Waals surface area contributed by atoms with E-state index < -0.39 is 0 Å². The number of carbonyl (C=O) groups is 1. The summed E-state index contributed by atoms with van der Waals surface area (Å²) in [7, 11) is 0. The van der Waals surface area contributed by atoms with Crippen LogP contribution in [0, 0.1) is 5.92 Å². The minimum absolute atomic E-state index is 0.152. The number of nitrogens with one attached hydrogen (secondary N) is 1. The lowest BCUT2D eigenvalue weighted by molar-refractivity contribution is -0.120. The molecule has 2 heterocycles. The van der Waals surface area contributed by atoms with Gasteiger partial charge in [0, 0.05) is 12.0 Å². The smallest absolute Gasteiger partial charge is 0.220 e. The summed E-state index contributed by atoms with van der Waals surface area (Å²) < 4.78 is 12.2. The third-order valence-corrected chi connectivity index (χ3v) is 5.06. The first-order valence-corrected chi connectivity index (χ1v) is 8.18. The van der Waals surface area contributed by atoms with Crippen molar-refractivity contribution in [1.29, 1.82) is 0 Å². The summed E-state index contributed by atoms with van der Waals surface area (Å²) >= 11 is 3.56. The molecule has 4 nitrogen and oxygen atoms in total. The van der Waals surface area contributed by atoms with Crippen molar-refractivity contribution in [2.24, 2.45) is 5.92 Å². The molecule has 1 amide bonds. The zero-order valence-corrected chi connectivity index (χ0v) is 14.0. The van der Waals surface area contributed by atoms with Crippen LogP contribution in [0.2, 0.25) is 0 Å². The van der Waals surface area contributed by atoms with Crippen molar-refractivity contribution in [3.63, 3.8) is 0 Å². The molecule has 0 aliphatic carbocycles. The average molecular weight is 354 g/mol. The largest absolute Gasteiger partial charge is 0.486 e. The van der Waals surface area contributed by atoms with Crippen LogP contribution in [-0.4, -0.2) is 24.7 Å². The topological polar surface area (TPSA) is 47.6 Å². The van der Waals surface area contributed by atoms with Gasteiger partial charge in [0.15, 0.2) is 11.5 Å². The minimum Gasteiger partial charge on any atom is -0.486 e. The number of hydrogen-bond acceptors (Lipinski definition) is 3. The molecule has 5 heteroatoms. The van der Waals surface area contributed by atoms with Crippen molar-refractivity contribution < 1.29 is 14.3 Å². The Bertz CT molecular complexity index is 573. The summed E-state index contributed by atoms with van der Waals surface area (Å²) in [5, 5.41) is 3.19. The summed E-state index contributed by atoms with van der Waals surface area (Å²) in [5.41, 5.74) is 1.00. The summed E-state index contributed by atoms with van der Waals surface area (Å²) in [6.45, 7) is 5.49. The first-order chi connectivity index (χ1) is 10.00. The second kappa shape index (κ2) is 5.52. The lowest BCUT2D eigenvalue weighted by atomic mass is 9.80. The molecule has 1 unspecified atom stereocenters. The molecule has 114 valence electrons. The van der Waals surface area contributed by atoms with Gasteiger partial charge in [-0.2, -0.15) is 0 Å². The minimum atomic E-state index is -0.152. The maximum Gasteiger partial charge on any atom is 0.220 e. The van der Waals surface area contributed by atoms with E-state index in [4.69, 9.17) is 9.47 Å².